The van der Waals surface area contributed by atoms with Crippen molar-refractivity contribution in [3.8, 4) is 11.8 Å². The third-order valence-corrected chi connectivity index (χ3v) is 5.71. The van der Waals surface area contributed by atoms with E-state index in [0.717, 1.165) is 11.1 Å². The van der Waals surface area contributed by atoms with Crippen LogP contribution >= 0.6 is 31.9 Å². The lowest BCUT2D eigenvalue weighted by Gasteiger charge is -2.12. The Bertz CT molecular complexity index is 1240. The van der Waals surface area contributed by atoms with E-state index in [1.54, 1.807) is 36.4 Å². The second-order valence-corrected chi connectivity index (χ2v) is 8.72. The van der Waals surface area contributed by atoms with Crippen molar-refractivity contribution < 1.29 is 14.5 Å². The van der Waals surface area contributed by atoms with Crippen molar-refractivity contribution in [2.45, 2.75) is 13.5 Å². The summed E-state index contributed by atoms with van der Waals surface area (Å²) in [6, 6.07) is 18.8. The van der Waals surface area contributed by atoms with Gasteiger partial charge in [-0.05, 0) is 92.4 Å². The molecule has 0 radical (unpaired) electrons. The van der Waals surface area contributed by atoms with Crippen molar-refractivity contribution in [3.05, 3.63) is 102 Å². The van der Waals surface area contributed by atoms with Crippen molar-refractivity contribution in [2.24, 2.45) is 0 Å². The number of aryl methyl sites for hydroxylation is 1. The van der Waals surface area contributed by atoms with Crippen molar-refractivity contribution in [1.29, 1.82) is 5.26 Å². The smallest absolute Gasteiger partial charge is 0.269 e. The third-order valence-electron chi connectivity index (χ3n) is 4.54. The van der Waals surface area contributed by atoms with Crippen LogP contribution in [0.4, 0.5) is 11.4 Å². The first-order valence-electron chi connectivity index (χ1n) is 9.62. The number of hydrogen-bond donors (Lipinski definition) is 1. The summed E-state index contributed by atoms with van der Waals surface area (Å²) in [5.74, 6) is 0.0141. The van der Waals surface area contributed by atoms with Crippen LogP contribution in [-0.4, -0.2) is 10.8 Å². The van der Waals surface area contributed by atoms with E-state index >= 15 is 0 Å². The molecule has 0 spiro atoms. The van der Waals surface area contributed by atoms with Gasteiger partial charge in [-0.1, -0.05) is 17.7 Å². The highest BCUT2D eigenvalue weighted by Gasteiger charge is 2.13. The van der Waals surface area contributed by atoms with Gasteiger partial charge in [0.15, 0.2) is 0 Å². The molecular formula is C24H17Br2N3O4. The lowest BCUT2D eigenvalue weighted by molar-refractivity contribution is -0.384. The summed E-state index contributed by atoms with van der Waals surface area (Å²) < 4.78 is 7.07. The maximum Gasteiger partial charge on any atom is 0.269 e. The molecule has 3 aromatic carbocycles. The van der Waals surface area contributed by atoms with E-state index in [-0.39, 0.29) is 17.9 Å². The number of nitro groups is 1. The highest BCUT2D eigenvalue weighted by molar-refractivity contribution is 9.11. The van der Waals surface area contributed by atoms with E-state index in [1.165, 1.54) is 18.2 Å². The van der Waals surface area contributed by atoms with Crippen LogP contribution in [0.25, 0.3) is 6.08 Å². The minimum Gasteiger partial charge on any atom is -0.487 e. The molecule has 0 heterocycles. The molecular weight excluding hydrogens is 554 g/mol. The average Bonchev–Trinajstić information content (AvgIpc) is 2.78. The molecule has 1 amide bonds. The summed E-state index contributed by atoms with van der Waals surface area (Å²) in [6.45, 7) is 2.15. The molecule has 0 atom stereocenters. The van der Waals surface area contributed by atoms with Crippen LogP contribution < -0.4 is 10.1 Å². The summed E-state index contributed by atoms with van der Waals surface area (Å²) in [7, 11) is 0. The molecule has 0 saturated carbocycles. The number of nitro benzene ring substituents is 1. The van der Waals surface area contributed by atoms with Crippen LogP contribution in [0, 0.1) is 28.4 Å². The molecule has 166 valence electrons. The monoisotopic (exact) mass is 569 g/mol. The Morgan fingerprint density at radius 2 is 1.73 bits per heavy atom. The number of non-ortho nitro benzene ring substituents is 1. The van der Waals surface area contributed by atoms with E-state index in [9.17, 15) is 20.2 Å². The maximum absolute atomic E-state index is 12.5. The minimum atomic E-state index is -0.507. The first kappa shape index (κ1) is 24.2. The van der Waals surface area contributed by atoms with Gasteiger partial charge in [0.25, 0.3) is 11.6 Å². The molecule has 0 aromatic heterocycles. The van der Waals surface area contributed by atoms with Gasteiger partial charge in [0.05, 0.1) is 13.9 Å². The van der Waals surface area contributed by atoms with Crippen molar-refractivity contribution in [3.63, 3.8) is 0 Å². The summed E-state index contributed by atoms with van der Waals surface area (Å²) in [5, 5.41) is 22.9. The lowest BCUT2D eigenvalue weighted by Crippen LogP contribution is -2.13. The van der Waals surface area contributed by atoms with Gasteiger partial charge in [-0.2, -0.15) is 5.26 Å². The fourth-order valence-electron chi connectivity index (χ4n) is 2.82. The fourth-order valence-corrected chi connectivity index (χ4v) is 4.27. The Hall–Kier alpha value is -3.48. The lowest BCUT2D eigenvalue weighted by atomic mass is 10.1. The quantitative estimate of drug-likeness (QED) is 0.150. The Kier molecular flexibility index (Phi) is 7.98. The Labute approximate surface area is 207 Å². The van der Waals surface area contributed by atoms with Crippen LogP contribution in [0.1, 0.15) is 16.7 Å². The highest BCUT2D eigenvalue weighted by Crippen LogP contribution is 2.36. The van der Waals surface area contributed by atoms with Crippen LogP contribution in [0.5, 0.6) is 5.75 Å². The number of rotatable bonds is 7. The van der Waals surface area contributed by atoms with Gasteiger partial charge >= 0.3 is 0 Å². The van der Waals surface area contributed by atoms with Crippen LogP contribution in [-0.2, 0) is 11.4 Å². The molecule has 0 unspecified atom stereocenters. The largest absolute Gasteiger partial charge is 0.487 e. The molecule has 9 heteroatoms. The number of carbonyl (C=O) groups excluding carboxylic acids is 1. The van der Waals surface area contributed by atoms with E-state index < -0.39 is 10.8 Å². The van der Waals surface area contributed by atoms with Gasteiger partial charge in [-0.3, -0.25) is 14.9 Å². The van der Waals surface area contributed by atoms with Gasteiger partial charge in [-0.25, -0.2) is 0 Å². The first-order chi connectivity index (χ1) is 15.8. The Morgan fingerprint density at radius 1 is 1.12 bits per heavy atom. The van der Waals surface area contributed by atoms with Crippen molar-refractivity contribution in [1.82, 2.24) is 0 Å². The molecule has 33 heavy (non-hydrogen) atoms. The van der Waals surface area contributed by atoms with Crippen molar-refractivity contribution >= 4 is 55.2 Å². The van der Waals surface area contributed by atoms with Crippen molar-refractivity contribution in [2.75, 3.05) is 5.32 Å². The number of nitrogens with one attached hydrogen (secondary N) is 1. The maximum atomic E-state index is 12.5. The second-order valence-electron chi connectivity index (χ2n) is 7.02. The van der Waals surface area contributed by atoms with Gasteiger partial charge in [0.2, 0.25) is 0 Å². The van der Waals surface area contributed by atoms with Gasteiger partial charge < -0.3 is 10.1 Å². The molecule has 0 saturated heterocycles. The topological polar surface area (TPSA) is 105 Å². The van der Waals surface area contributed by atoms with E-state index in [1.807, 2.05) is 25.1 Å². The Morgan fingerprint density at radius 3 is 2.27 bits per heavy atom. The van der Waals surface area contributed by atoms with Gasteiger partial charge in [0.1, 0.15) is 24.0 Å². The van der Waals surface area contributed by atoms with Gasteiger partial charge in [-0.15, -0.1) is 0 Å². The van der Waals surface area contributed by atoms with E-state index in [0.29, 0.717) is 25.9 Å². The zero-order valence-corrected chi connectivity index (χ0v) is 20.5. The Balaban J connectivity index is 1.74. The molecule has 0 aliphatic carbocycles. The molecule has 7 nitrogen and oxygen atoms in total. The van der Waals surface area contributed by atoms with E-state index in [2.05, 4.69) is 37.2 Å². The number of hydrogen-bond acceptors (Lipinski definition) is 5. The zero-order chi connectivity index (χ0) is 24.0. The molecule has 1 N–H and O–H groups in total. The molecule has 3 rings (SSSR count). The number of nitriles is 1. The van der Waals surface area contributed by atoms with Crippen LogP contribution in [0.15, 0.2) is 75.2 Å². The third kappa shape index (κ3) is 6.51. The van der Waals surface area contributed by atoms with Crippen LogP contribution in [0.3, 0.4) is 0 Å². The second kappa shape index (κ2) is 10.9. The molecule has 0 bridgehead atoms. The van der Waals surface area contributed by atoms with Crippen LogP contribution in [0.2, 0.25) is 0 Å². The number of anilines is 1. The average molecular weight is 571 g/mol. The number of nitrogens with zero attached hydrogens (tertiary/aromatic N) is 2. The predicted molar refractivity (Wildman–Crippen MR) is 133 cm³/mol. The number of halogens is 2. The SMILES string of the molecule is Cc1ccc(NC(=O)/C(C#N)=C/c2cc(Br)c(OCc3ccc([N+](=O)[O-])cc3)c(Br)c2)cc1. The number of benzene rings is 3. The number of carbonyl (C=O) groups is 1. The molecule has 0 aliphatic rings. The zero-order valence-electron chi connectivity index (χ0n) is 17.3. The summed E-state index contributed by atoms with van der Waals surface area (Å²) in [6.07, 6.45) is 1.49. The minimum absolute atomic E-state index is 0.0111. The molecule has 0 aliphatic heterocycles. The summed E-state index contributed by atoms with van der Waals surface area (Å²) >= 11 is 6.91. The first-order valence-corrected chi connectivity index (χ1v) is 11.2. The predicted octanol–water partition coefficient (Wildman–Crippen LogP) is 6.55. The fraction of sp³-hybridized carbons (Fsp3) is 0.0833. The van der Waals surface area contributed by atoms with Gasteiger partial charge in [0, 0.05) is 17.8 Å². The van der Waals surface area contributed by atoms with E-state index in [4.69, 9.17) is 4.74 Å². The summed E-state index contributed by atoms with van der Waals surface area (Å²) in [4.78, 5) is 22.8. The number of ether oxygens (including phenoxy) is 1. The number of amides is 1. The summed E-state index contributed by atoms with van der Waals surface area (Å²) in [5.41, 5.74) is 3.01. The normalized spacial score (nSPS) is 10.9. The molecule has 3 aromatic rings. The standard InChI is InChI=1S/C24H17Br2N3O4/c1-15-2-6-19(7-3-15)28-24(30)18(13-27)10-17-11-21(25)23(22(26)12-17)33-14-16-4-8-20(9-5-16)29(31)32/h2-12H,14H2,1H3,(H,28,30)/b18-10+. The molecule has 0 fully saturated rings. The highest BCUT2D eigenvalue weighted by atomic mass is 79.9.